The number of anilines is 2. The van der Waals surface area contributed by atoms with Gasteiger partial charge in [-0.2, -0.15) is 0 Å². The summed E-state index contributed by atoms with van der Waals surface area (Å²) in [7, 11) is 0. The highest BCUT2D eigenvalue weighted by Gasteiger charge is 2.19. The fourth-order valence-corrected chi connectivity index (χ4v) is 3.17. The third-order valence-electron chi connectivity index (χ3n) is 4.72. The lowest BCUT2D eigenvalue weighted by Gasteiger charge is -2.34. The van der Waals surface area contributed by atoms with Gasteiger partial charge in [-0.3, -0.25) is 9.69 Å². The number of hydrogen-bond donors (Lipinski definition) is 1. The molecule has 1 aliphatic rings. The van der Waals surface area contributed by atoms with Gasteiger partial charge in [0, 0.05) is 56.7 Å². The van der Waals surface area contributed by atoms with E-state index in [0.717, 1.165) is 50.5 Å². The van der Waals surface area contributed by atoms with Crippen LogP contribution in [0.4, 0.5) is 11.6 Å². The highest BCUT2D eigenvalue weighted by atomic mass is 16.2. The maximum Gasteiger partial charge on any atom is 0.227 e. The van der Waals surface area contributed by atoms with E-state index in [1.807, 2.05) is 30.9 Å². The summed E-state index contributed by atoms with van der Waals surface area (Å²) in [5.41, 5.74) is 3.24. The second-order valence-corrected chi connectivity index (χ2v) is 6.67. The molecule has 1 amide bonds. The molecule has 0 aliphatic carbocycles. The topological polar surface area (TPSA) is 61.4 Å². The molecule has 0 atom stereocenters. The lowest BCUT2D eigenvalue weighted by atomic mass is 10.1. The average Bonchev–Trinajstić information content (AvgIpc) is 2.66. The number of aromatic nitrogens is 2. The number of carbonyl (C=O) groups is 1. The number of hydrogen-bond acceptors (Lipinski definition) is 5. The zero-order valence-corrected chi connectivity index (χ0v) is 15.6. The number of aryl methyl sites for hydroxylation is 1. The summed E-state index contributed by atoms with van der Waals surface area (Å²) in [4.78, 5) is 24.8. The number of amides is 1. The van der Waals surface area contributed by atoms with Crippen molar-refractivity contribution in [1.29, 1.82) is 0 Å². The van der Waals surface area contributed by atoms with Gasteiger partial charge in [0.1, 0.15) is 0 Å². The minimum atomic E-state index is 0.266. The lowest BCUT2D eigenvalue weighted by Crippen LogP contribution is -2.48. The summed E-state index contributed by atoms with van der Waals surface area (Å²) >= 11 is 0. The van der Waals surface area contributed by atoms with Crippen molar-refractivity contribution in [2.24, 2.45) is 0 Å². The van der Waals surface area contributed by atoms with E-state index in [4.69, 9.17) is 0 Å². The second kappa shape index (κ2) is 8.76. The average molecular weight is 353 g/mol. The van der Waals surface area contributed by atoms with Crippen LogP contribution in [0.1, 0.15) is 24.6 Å². The second-order valence-electron chi connectivity index (χ2n) is 6.67. The first-order valence-electron chi connectivity index (χ1n) is 9.30. The Labute approximate surface area is 155 Å². The first kappa shape index (κ1) is 18.3. The molecule has 138 valence electrons. The van der Waals surface area contributed by atoms with Crippen molar-refractivity contribution in [3.8, 4) is 0 Å². The number of carbonyl (C=O) groups excluding carboxylic acids is 1. The summed E-state index contributed by atoms with van der Waals surface area (Å²) in [6, 6.07) is 10.3. The van der Waals surface area contributed by atoms with E-state index in [9.17, 15) is 4.79 Å². The van der Waals surface area contributed by atoms with Crippen LogP contribution in [-0.2, 0) is 11.2 Å². The number of rotatable bonds is 6. The molecule has 1 saturated heterocycles. The van der Waals surface area contributed by atoms with Gasteiger partial charge in [-0.25, -0.2) is 9.97 Å². The molecule has 2 aromatic rings. The van der Waals surface area contributed by atoms with Gasteiger partial charge < -0.3 is 10.2 Å². The first-order chi connectivity index (χ1) is 12.6. The molecule has 1 aliphatic heterocycles. The van der Waals surface area contributed by atoms with Crippen molar-refractivity contribution in [2.75, 3.05) is 38.0 Å². The van der Waals surface area contributed by atoms with E-state index in [-0.39, 0.29) is 5.91 Å². The smallest absolute Gasteiger partial charge is 0.227 e. The van der Waals surface area contributed by atoms with Crippen LogP contribution in [0, 0.1) is 6.92 Å². The third kappa shape index (κ3) is 5.02. The van der Waals surface area contributed by atoms with Crippen LogP contribution >= 0.6 is 0 Å². The molecule has 1 aromatic heterocycles. The zero-order valence-electron chi connectivity index (χ0n) is 15.6. The minimum absolute atomic E-state index is 0.266. The van der Waals surface area contributed by atoms with Crippen LogP contribution in [0.2, 0.25) is 0 Å². The van der Waals surface area contributed by atoms with Crippen molar-refractivity contribution < 1.29 is 4.79 Å². The quantitative estimate of drug-likeness (QED) is 0.865. The third-order valence-corrected chi connectivity index (χ3v) is 4.72. The molecule has 2 heterocycles. The van der Waals surface area contributed by atoms with Gasteiger partial charge in [0.15, 0.2) is 0 Å². The SMILES string of the molecule is CCC(=O)N1CCN(CCc2cccc(Nc3nccc(C)n3)c2)CC1. The van der Waals surface area contributed by atoms with Crippen molar-refractivity contribution in [3.05, 3.63) is 47.8 Å². The van der Waals surface area contributed by atoms with E-state index in [2.05, 4.69) is 38.4 Å². The van der Waals surface area contributed by atoms with Gasteiger partial charge in [0.25, 0.3) is 0 Å². The first-order valence-corrected chi connectivity index (χ1v) is 9.30. The van der Waals surface area contributed by atoms with Gasteiger partial charge in [0.05, 0.1) is 0 Å². The number of nitrogens with one attached hydrogen (secondary N) is 1. The Balaban J connectivity index is 1.51. The summed E-state index contributed by atoms with van der Waals surface area (Å²) in [5, 5.41) is 3.27. The zero-order chi connectivity index (χ0) is 18.4. The number of benzene rings is 1. The summed E-state index contributed by atoms with van der Waals surface area (Å²) < 4.78 is 0. The highest BCUT2D eigenvalue weighted by Crippen LogP contribution is 2.16. The summed E-state index contributed by atoms with van der Waals surface area (Å²) in [5.74, 6) is 0.889. The Kier molecular flexibility index (Phi) is 6.17. The molecule has 1 aromatic carbocycles. The Morgan fingerprint density at radius 2 is 2.00 bits per heavy atom. The highest BCUT2D eigenvalue weighted by molar-refractivity contribution is 5.75. The maximum absolute atomic E-state index is 11.8. The Morgan fingerprint density at radius 1 is 1.19 bits per heavy atom. The van der Waals surface area contributed by atoms with E-state index < -0.39 is 0 Å². The predicted molar refractivity (Wildman–Crippen MR) is 104 cm³/mol. The molecule has 1 fully saturated rings. The van der Waals surface area contributed by atoms with Gasteiger partial charge in [-0.15, -0.1) is 0 Å². The maximum atomic E-state index is 11.8. The van der Waals surface area contributed by atoms with Gasteiger partial charge in [-0.05, 0) is 37.1 Å². The molecule has 3 rings (SSSR count). The Morgan fingerprint density at radius 3 is 2.73 bits per heavy atom. The van der Waals surface area contributed by atoms with Crippen molar-refractivity contribution in [2.45, 2.75) is 26.7 Å². The molecule has 1 N–H and O–H groups in total. The van der Waals surface area contributed by atoms with E-state index in [1.165, 1.54) is 5.56 Å². The van der Waals surface area contributed by atoms with Gasteiger partial charge in [0.2, 0.25) is 11.9 Å². The van der Waals surface area contributed by atoms with Crippen molar-refractivity contribution in [3.63, 3.8) is 0 Å². The van der Waals surface area contributed by atoms with E-state index >= 15 is 0 Å². The molecule has 6 heteroatoms. The Hall–Kier alpha value is -2.47. The molecule has 0 unspecified atom stereocenters. The fraction of sp³-hybridized carbons (Fsp3) is 0.450. The molecule has 0 radical (unpaired) electrons. The predicted octanol–water partition coefficient (Wildman–Crippen LogP) is 2.63. The molecule has 6 nitrogen and oxygen atoms in total. The molecular weight excluding hydrogens is 326 g/mol. The van der Waals surface area contributed by atoms with Gasteiger partial charge >= 0.3 is 0 Å². The largest absolute Gasteiger partial charge is 0.340 e. The van der Waals surface area contributed by atoms with Crippen LogP contribution in [-0.4, -0.2) is 58.4 Å². The number of nitrogens with zero attached hydrogens (tertiary/aromatic N) is 4. The molecule has 0 spiro atoms. The van der Waals surface area contributed by atoms with Crippen molar-refractivity contribution >= 4 is 17.5 Å². The van der Waals surface area contributed by atoms with Crippen molar-refractivity contribution in [1.82, 2.24) is 19.8 Å². The van der Waals surface area contributed by atoms with Crippen LogP contribution in [0.5, 0.6) is 0 Å². The molecule has 0 bridgehead atoms. The molecular formula is C20H27N5O. The number of piperazine rings is 1. The standard InChI is InChI=1S/C20H27N5O/c1-3-19(26)25-13-11-24(12-14-25)10-8-17-5-4-6-18(15-17)23-20-21-9-7-16(2)22-20/h4-7,9,15H,3,8,10-14H2,1-2H3,(H,21,22,23). The minimum Gasteiger partial charge on any atom is -0.340 e. The molecule has 26 heavy (non-hydrogen) atoms. The van der Waals surface area contributed by atoms with Crippen LogP contribution in [0.3, 0.4) is 0 Å². The summed E-state index contributed by atoms with van der Waals surface area (Å²) in [6.45, 7) is 8.51. The van der Waals surface area contributed by atoms with Gasteiger partial charge in [-0.1, -0.05) is 19.1 Å². The normalized spacial score (nSPS) is 15.1. The molecule has 0 saturated carbocycles. The van der Waals surface area contributed by atoms with Crippen LogP contribution in [0.15, 0.2) is 36.5 Å². The Bertz CT molecular complexity index is 740. The monoisotopic (exact) mass is 353 g/mol. The van der Waals surface area contributed by atoms with E-state index in [1.54, 1.807) is 6.20 Å². The van der Waals surface area contributed by atoms with Crippen LogP contribution in [0.25, 0.3) is 0 Å². The lowest BCUT2D eigenvalue weighted by molar-refractivity contribution is -0.132. The van der Waals surface area contributed by atoms with Crippen LogP contribution < -0.4 is 5.32 Å². The van der Waals surface area contributed by atoms with E-state index in [0.29, 0.717) is 12.4 Å². The fourth-order valence-electron chi connectivity index (χ4n) is 3.17. The summed E-state index contributed by atoms with van der Waals surface area (Å²) in [6.07, 6.45) is 3.35.